The Bertz CT molecular complexity index is 433. The van der Waals surface area contributed by atoms with Crippen molar-refractivity contribution in [2.45, 2.75) is 46.6 Å². The van der Waals surface area contributed by atoms with Crippen molar-refractivity contribution in [3.8, 4) is 0 Å². The summed E-state index contributed by atoms with van der Waals surface area (Å²) in [5.74, 6) is 2.22. The van der Waals surface area contributed by atoms with Crippen LogP contribution in [0.5, 0.6) is 0 Å². The third kappa shape index (κ3) is 4.27. The van der Waals surface area contributed by atoms with Gasteiger partial charge in [-0.05, 0) is 55.7 Å². The van der Waals surface area contributed by atoms with Gasteiger partial charge in [0.15, 0.2) is 5.82 Å². The lowest BCUT2D eigenvalue weighted by Gasteiger charge is -2.23. The van der Waals surface area contributed by atoms with Crippen LogP contribution in [-0.2, 0) is 16.8 Å². The number of ether oxygens (including phenoxy) is 1. The summed E-state index contributed by atoms with van der Waals surface area (Å²) >= 11 is 2.33. The van der Waals surface area contributed by atoms with Crippen molar-refractivity contribution in [3.63, 3.8) is 0 Å². The summed E-state index contributed by atoms with van der Waals surface area (Å²) < 4.78 is 6.62. The molecule has 0 fully saturated rings. The van der Waals surface area contributed by atoms with Crippen LogP contribution in [0.4, 0.5) is 5.82 Å². The third-order valence-corrected chi connectivity index (χ3v) is 4.05. The molecule has 19 heavy (non-hydrogen) atoms. The molecule has 0 aliphatic heterocycles. The van der Waals surface area contributed by atoms with E-state index in [-0.39, 0.29) is 0 Å². The molecule has 0 aromatic carbocycles. The maximum absolute atomic E-state index is 5.50. The molecule has 1 aromatic rings. The van der Waals surface area contributed by atoms with Crippen LogP contribution in [0.15, 0.2) is 0 Å². The fourth-order valence-corrected chi connectivity index (χ4v) is 2.31. The zero-order chi connectivity index (χ0) is 14.6. The standard InChI is InChI=1S/C14H24IN3O/c1-7-16-12-11(15)10(8-9(2)3)17-13(18-12)14(4,5)19-6/h9H,7-8H2,1-6H3,(H,16,17,18). The number of nitrogens with zero attached hydrogens (tertiary/aromatic N) is 2. The summed E-state index contributed by atoms with van der Waals surface area (Å²) in [6.45, 7) is 11.3. The maximum Gasteiger partial charge on any atom is 0.162 e. The smallest absolute Gasteiger partial charge is 0.162 e. The average Bonchev–Trinajstić information content (AvgIpc) is 2.33. The average molecular weight is 377 g/mol. The van der Waals surface area contributed by atoms with Gasteiger partial charge in [0.25, 0.3) is 0 Å². The Morgan fingerprint density at radius 3 is 2.42 bits per heavy atom. The van der Waals surface area contributed by atoms with Gasteiger partial charge in [0.1, 0.15) is 11.4 Å². The molecule has 0 saturated carbocycles. The molecule has 0 aliphatic rings. The molecule has 108 valence electrons. The minimum atomic E-state index is -0.472. The van der Waals surface area contributed by atoms with Gasteiger partial charge in [0.2, 0.25) is 0 Å². The molecule has 1 aromatic heterocycles. The summed E-state index contributed by atoms with van der Waals surface area (Å²) in [5, 5.41) is 3.31. The summed E-state index contributed by atoms with van der Waals surface area (Å²) in [6, 6.07) is 0. The van der Waals surface area contributed by atoms with Crippen LogP contribution in [0, 0.1) is 9.49 Å². The largest absolute Gasteiger partial charge is 0.371 e. The number of methoxy groups -OCH3 is 1. The van der Waals surface area contributed by atoms with E-state index < -0.39 is 5.60 Å². The quantitative estimate of drug-likeness (QED) is 0.770. The Morgan fingerprint density at radius 2 is 1.95 bits per heavy atom. The van der Waals surface area contributed by atoms with Crippen LogP contribution in [-0.4, -0.2) is 23.6 Å². The van der Waals surface area contributed by atoms with Gasteiger partial charge >= 0.3 is 0 Å². The van der Waals surface area contributed by atoms with Crippen molar-refractivity contribution < 1.29 is 4.74 Å². The lowest BCUT2D eigenvalue weighted by molar-refractivity contribution is 0.0113. The zero-order valence-corrected chi connectivity index (χ0v) is 14.8. The Hall–Kier alpha value is -0.430. The number of nitrogens with one attached hydrogen (secondary N) is 1. The van der Waals surface area contributed by atoms with E-state index in [1.807, 2.05) is 13.8 Å². The molecule has 1 N–H and O–H groups in total. The Kier molecular flexibility index (Phi) is 5.98. The first-order valence-electron chi connectivity index (χ1n) is 6.67. The van der Waals surface area contributed by atoms with Crippen LogP contribution >= 0.6 is 22.6 Å². The van der Waals surface area contributed by atoms with Crippen LogP contribution in [0.25, 0.3) is 0 Å². The minimum absolute atomic E-state index is 0.472. The lowest BCUT2D eigenvalue weighted by Crippen LogP contribution is -2.25. The highest BCUT2D eigenvalue weighted by Gasteiger charge is 2.26. The van der Waals surface area contributed by atoms with Gasteiger partial charge in [0, 0.05) is 13.7 Å². The maximum atomic E-state index is 5.50. The summed E-state index contributed by atoms with van der Waals surface area (Å²) in [4.78, 5) is 9.33. The van der Waals surface area contributed by atoms with E-state index in [9.17, 15) is 0 Å². The first-order chi connectivity index (χ1) is 8.81. The molecule has 4 nitrogen and oxygen atoms in total. The van der Waals surface area contributed by atoms with E-state index in [4.69, 9.17) is 9.72 Å². The van der Waals surface area contributed by atoms with Gasteiger partial charge in [0.05, 0.1) is 9.26 Å². The van der Waals surface area contributed by atoms with E-state index in [0.717, 1.165) is 33.9 Å². The van der Waals surface area contributed by atoms with Crippen LogP contribution in [0.1, 0.15) is 46.1 Å². The van der Waals surface area contributed by atoms with Gasteiger partial charge < -0.3 is 10.1 Å². The van der Waals surface area contributed by atoms with Crippen molar-refractivity contribution >= 4 is 28.4 Å². The van der Waals surface area contributed by atoms with Crippen molar-refractivity contribution in [1.82, 2.24) is 9.97 Å². The number of hydrogen-bond donors (Lipinski definition) is 1. The van der Waals surface area contributed by atoms with Crippen molar-refractivity contribution in [2.24, 2.45) is 5.92 Å². The summed E-state index contributed by atoms with van der Waals surface area (Å²) in [5.41, 5.74) is 0.627. The van der Waals surface area contributed by atoms with E-state index in [1.165, 1.54) is 0 Å². The van der Waals surface area contributed by atoms with Gasteiger partial charge in [-0.1, -0.05) is 13.8 Å². The third-order valence-electron chi connectivity index (χ3n) is 2.91. The first kappa shape index (κ1) is 16.6. The first-order valence-corrected chi connectivity index (χ1v) is 7.75. The van der Waals surface area contributed by atoms with Crippen LogP contribution < -0.4 is 5.32 Å². The number of aromatic nitrogens is 2. The Morgan fingerprint density at radius 1 is 1.32 bits per heavy atom. The second-order valence-electron chi connectivity index (χ2n) is 5.50. The van der Waals surface area contributed by atoms with Gasteiger partial charge in [-0.2, -0.15) is 0 Å². The molecule has 0 radical (unpaired) electrons. The fourth-order valence-electron chi connectivity index (χ4n) is 1.66. The number of anilines is 1. The molecule has 1 heterocycles. The fraction of sp³-hybridized carbons (Fsp3) is 0.714. The van der Waals surface area contributed by atoms with Crippen LogP contribution in [0.2, 0.25) is 0 Å². The van der Waals surface area contributed by atoms with E-state index in [0.29, 0.717) is 5.92 Å². The van der Waals surface area contributed by atoms with E-state index in [1.54, 1.807) is 7.11 Å². The topological polar surface area (TPSA) is 47.0 Å². The summed E-state index contributed by atoms with van der Waals surface area (Å²) in [6.07, 6.45) is 0.950. The summed E-state index contributed by atoms with van der Waals surface area (Å²) in [7, 11) is 1.69. The Labute approximate surface area is 129 Å². The molecule has 0 amide bonds. The van der Waals surface area contributed by atoms with E-state index >= 15 is 0 Å². The Balaban J connectivity index is 3.30. The predicted octanol–water partition coefficient (Wildman–Crippen LogP) is 3.59. The SMILES string of the molecule is CCNc1nc(C(C)(C)OC)nc(CC(C)C)c1I. The van der Waals surface area contributed by atoms with Crippen molar-refractivity contribution in [1.29, 1.82) is 0 Å². The number of halogens is 1. The molecule has 0 bridgehead atoms. The van der Waals surface area contributed by atoms with E-state index in [2.05, 4.69) is 53.7 Å². The van der Waals surface area contributed by atoms with Crippen molar-refractivity contribution in [2.75, 3.05) is 19.0 Å². The second-order valence-corrected chi connectivity index (χ2v) is 6.58. The number of hydrogen-bond acceptors (Lipinski definition) is 4. The molecule has 1 rings (SSSR count). The molecule has 0 unspecified atom stereocenters. The monoisotopic (exact) mass is 377 g/mol. The normalized spacial score (nSPS) is 12.0. The van der Waals surface area contributed by atoms with Crippen LogP contribution in [0.3, 0.4) is 0 Å². The highest BCUT2D eigenvalue weighted by atomic mass is 127. The predicted molar refractivity (Wildman–Crippen MR) is 87.5 cm³/mol. The molecule has 0 saturated heterocycles. The minimum Gasteiger partial charge on any atom is -0.371 e. The molecular formula is C14H24IN3O. The molecule has 0 spiro atoms. The molecular weight excluding hydrogens is 353 g/mol. The second kappa shape index (κ2) is 6.83. The van der Waals surface area contributed by atoms with Gasteiger partial charge in [-0.3, -0.25) is 0 Å². The molecule has 5 heteroatoms. The molecule has 0 atom stereocenters. The molecule has 0 aliphatic carbocycles. The van der Waals surface area contributed by atoms with Gasteiger partial charge in [-0.15, -0.1) is 0 Å². The highest BCUT2D eigenvalue weighted by molar-refractivity contribution is 14.1. The zero-order valence-electron chi connectivity index (χ0n) is 12.7. The lowest BCUT2D eigenvalue weighted by atomic mass is 10.1. The van der Waals surface area contributed by atoms with Gasteiger partial charge in [-0.25, -0.2) is 9.97 Å². The number of rotatable bonds is 6. The highest BCUT2D eigenvalue weighted by Crippen LogP contribution is 2.27. The van der Waals surface area contributed by atoms with Crippen molar-refractivity contribution in [3.05, 3.63) is 15.1 Å².